The highest BCUT2D eigenvalue weighted by Gasteiger charge is 2.10. The van der Waals surface area contributed by atoms with Crippen LogP contribution in [0, 0.1) is 0 Å². The van der Waals surface area contributed by atoms with Gasteiger partial charge in [-0.3, -0.25) is 9.79 Å². The summed E-state index contributed by atoms with van der Waals surface area (Å²) in [4.78, 5) is 20.1. The molecule has 5 heteroatoms. The molecule has 25 heavy (non-hydrogen) atoms. The third-order valence-electron chi connectivity index (χ3n) is 4.06. The Labute approximate surface area is 148 Å². The monoisotopic (exact) mass is 348 g/mol. The predicted octanol–water partition coefficient (Wildman–Crippen LogP) is 3.90. The maximum absolute atomic E-state index is 12.1. The Morgan fingerprint density at radius 1 is 1.08 bits per heavy atom. The van der Waals surface area contributed by atoms with Crippen LogP contribution in [-0.2, 0) is 0 Å². The van der Waals surface area contributed by atoms with Gasteiger partial charge >= 0.3 is 0 Å². The number of aliphatic hydroxyl groups excluding tert-OH is 1. The Morgan fingerprint density at radius 2 is 1.84 bits per heavy atom. The fourth-order valence-corrected chi connectivity index (χ4v) is 3.81. The molecular weight excluding hydrogens is 332 g/mol. The molecule has 2 N–H and O–H groups in total. The number of aliphatic hydroxyl groups is 1. The Morgan fingerprint density at radius 3 is 2.68 bits per heavy atom. The Bertz CT molecular complexity index is 1090. The molecule has 4 nitrogen and oxygen atoms in total. The van der Waals surface area contributed by atoms with Crippen molar-refractivity contribution in [3.8, 4) is 0 Å². The predicted molar refractivity (Wildman–Crippen MR) is 104 cm³/mol. The maximum atomic E-state index is 12.1. The Kier molecular flexibility index (Phi) is 4.17. The molecular formula is C20H16N2O2S. The van der Waals surface area contributed by atoms with Gasteiger partial charge in [-0.25, -0.2) is 0 Å². The standard InChI is InChI=1S/C20H16N2O2S/c23-17(19-10-14-6-2-4-8-18(14)25-19)12-21-11-15-9-13-5-1-3-7-16(13)22-20(15)24/h1-11,17,23H,12H2,(H,22,24). The van der Waals surface area contributed by atoms with Gasteiger partial charge in [0.1, 0.15) is 6.10 Å². The molecule has 0 radical (unpaired) electrons. The first kappa shape index (κ1) is 15.7. The molecule has 0 amide bonds. The molecule has 0 aliphatic carbocycles. The summed E-state index contributed by atoms with van der Waals surface area (Å²) in [5.74, 6) is 0. The number of aliphatic imine (C=N–C) groups is 1. The molecule has 4 aromatic rings. The van der Waals surface area contributed by atoms with Gasteiger partial charge in [-0.1, -0.05) is 36.4 Å². The fraction of sp³-hybridized carbons (Fsp3) is 0.100. The number of nitrogens with zero attached hydrogens (tertiary/aromatic N) is 1. The summed E-state index contributed by atoms with van der Waals surface area (Å²) < 4.78 is 1.14. The molecule has 0 saturated heterocycles. The Hall–Kier alpha value is -2.76. The van der Waals surface area contributed by atoms with Crippen molar-refractivity contribution >= 4 is 38.5 Å². The normalized spacial score (nSPS) is 13.0. The van der Waals surface area contributed by atoms with E-state index in [-0.39, 0.29) is 12.1 Å². The van der Waals surface area contributed by atoms with Crippen LogP contribution in [0.4, 0.5) is 0 Å². The quantitative estimate of drug-likeness (QED) is 0.549. The fourth-order valence-electron chi connectivity index (χ4n) is 2.77. The summed E-state index contributed by atoms with van der Waals surface area (Å²) in [6.07, 6.45) is 0.857. The maximum Gasteiger partial charge on any atom is 0.257 e. The number of fused-ring (bicyclic) bond motifs is 2. The van der Waals surface area contributed by atoms with Crippen LogP contribution in [0.3, 0.4) is 0 Å². The van der Waals surface area contributed by atoms with Crippen molar-refractivity contribution < 1.29 is 5.11 Å². The van der Waals surface area contributed by atoms with Gasteiger partial charge < -0.3 is 10.1 Å². The second kappa shape index (κ2) is 6.63. The van der Waals surface area contributed by atoms with E-state index in [4.69, 9.17) is 0 Å². The second-order valence-electron chi connectivity index (χ2n) is 5.84. The molecule has 0 aliphatic heterocycles. The molecule has 2 aromatic carbocycles. The van der Waals surface area contributed by atoms with E-state index in [1.807, 2.05) is 60.7 Å². The third kappa shape index (κ3) is 3.24. The van der Waals surface area contributed by atoms with E-state index in [9.17, 15) is 9.90 Å². The van der Waals surface area contributed by atoms with Crippen LogP contribution in [-0.4, -0.2) is 22.8 Å². The highest BCUT2D eigenvalue weighted by atomic mass is 32.1. The van der Waals surface area contributed by atoms with Crippen molar-refractivity contribution in [2.24, 2.45) is 4.99 Å². The van der Waals surface area contributed by atoms with Crippen molar-refractivity contribution in [3.05, 3.63) is 81.5 Å². The minimum Gasteiger partial charge on any atom is -0.386 e. The molecule has 0 fully saturated rings. The zero-order valence-corrected chi connectivity index (χ0v) is 14.2. The molecule has 4 rings (SSSR count). The summed E-state index contributed by atoms with van der Waals surface area (Å²) in [6.45, 7) is 0.221. The molecule has 1 unspecified atom stereocenters. The number of aromatic nitrogens is 1. The lowest BCUT2D eigenvalue weighted by molar-refractivity contribution is 0.191. The highest BCUT2D eigenvalue weighted by molar-refractivity contribution is 7.19. The molecule has 2 heterocycles. The summed E-state index contributed by atoms with van der Waals surface area (Å²) >= 11 is 1.56. The van der Waals surface area contributed by atoms with Crippen molar-refractivity contribution in [2.45, 2.75) is 6.10 Å². The SMILES string of the molecule is O=c1[nH]c2ccccc2cc1C=NCC(O)c1cc2ccccc2s1. The van der Waals surface area contributed by atoms with Crippen molar-refractivity contribution in [2.75, 3.05) is 6.54 Å². The minimum atomic E-state index is -0.673. The smallest absolute Gasteiger partial charge is 0.257 e. The van der Waals surface area contributed by atoms with Crippen molar-refractivity contribution in [1.82, 2.24) is 4.98 Å². The van der Waals surface area contributed by atoms with Crippen LogP contribution in [0.5, 0.6) is 0 Å². The Balaban J connectivity index is 1.54. The molecule has 1 atom stereocenters. The third-order valence-corrected chi connectivity index (χ3v) is 5.28. The lowest BCUT2D eigenvalue weighted by Crippen LogP contribution is -2.12. The summed E-state index contributed by atoms with van der Waals surface area (Å²) in [5.41, 5.74) is 1.11. The number of nitrogens with one attached hydrogen (secondary N) is 1. The van der Waals surface area contributed by atoms with Gasteiger partial charge in [-0.05, 0) is 35.0 Å². The zero-order chi connectivity index (χ0) is 17.2. The lowest BCUT2D eigenvalue weighted by Gasteiger charge is -2.04. The number of thiophene rings is 1. The largest absolute Gasteiger partial charge is 0.386 e. The van der Waals surface area contributed by atoms with Crippen LogP contribution >= 0.6 is 11.3 Å². The summed E-state index contributed by atoms with van der Waals surface area (Å²) in [7, 11) is 0. The number of aromatic amines is 1. The number of hydrogen-bond acceptors (Lipinski definition) is 4. The van der Waals surface area contributed by atoms with Gasteiger partial charge in [-0.15, -0.1) is 11.3 Å². The number of benzene rings is 2. The lowest BCUT2D eigenvalue weighted by atomic mass is 10.1. The van der Waals surface area contributed by atoms with Crippen LogP contribution < -0.4 is 5.56 Å². The van der Waals surface area contributed by atoms with E-state index in [0.29, 0.717) is 5.56 Å². The molecule has 0 saturated carbocycles. The van der Waals surface area contributed by atoms with Crippen LogP contribution in [0.2, 0.25) is 0 Å². The molecule has 0 aliphatic rings. The van der Waals surface area contributed by atoms with E-state index in [1.165, 1.54) is 6.21 Å². The average Bonchev–Trinajstić information content (AvgIpc) is 3.06. The van der Waals surface area contributed by atoms with Crippen molar-refractivity contribution in [1.29, 1.82) is 0 Å². The van der Waals surface area contributed by atoms with Gasteiger partial charge in [0, 0.05) is 21.3 Å². The van der Waals surface area contributed by atoms with Crippen LogP contribution in [0.25, 0.3) is 21.0 Å². The highest BCUT2D eigenvalue weighted by Crippen LogP contribution is 2.29. The number of pyridine rings is 1. The number of hydrogen-bond donors (Lipinski definition) is 2. The summed E-state index contributed by atoms with van der Waals surface area (Å²) in [5, 5.41) is 12.4. The van der Waals surface area contributed by atoms with Gasteiger partial charge in [-0.2, -0.15) is 0 Å². The van der Waals surface area contributed by atoms with Gasteiger partial charge in [0.2, 0.25) is 0 Å². The number of para-hydroxylation sites is 1. The van der Waals surface area contributed by atoms with E-state index in [2.05, 4.69) is 9.98 Å². The van der Waals surface area contributed by atoms with Gasteiger partial charge in [0.25, 0.3) is 5.56 Å². The first-order valence-corrected chi connectivity index (χ1v) is 8.81. The van der Waals surface area contributed by atoms with Crippen LogP contribution in [0.15, 0.2) is 70.5 Å². The summed E-state index contributed by atoms with van der Waals surface area (Å²) in [6, 6.07) is 19.4. The van der Waals surface area contributed by atoms with Crippen molar-refractivity contribution in [3.63, 3.8) is 0 Å². The van der Waals surface area contributed by atoms with E-state index in [0.717, 1.165) is 25.9 Å². The topological polar surface area (TPSA) is 65.5 Å². The average molecular weight is 348 g/mol. The number of H-pyrrole nitrogens is 1. The molecule has 0 bridgehead atoms. The molecule has 0 spiro atoms. The van der Waals surface area contributed by atoms with Gasteiger partial charge in [0.05, 0.1) is 12.1 Å². The second-order valence-corrected chi connectivity index (χ2v) is 6.95. The molecule has 2 aromatic heterocycles. The number of rotatable bonds is 4. The zero-order valence-electron chi connectivity index (χ0n) is 13.3. The first-order valence-electron chi connectivity index (χ1n) is 7.99. The molecule has 124 valence electrons. The van der Waals surface area contributed by atoms with E-state index >= 15 is 0 Å². The van der Waals surface area contributed by atoms with E-state index < -0.39 is 6.10 Å². The van der Waals surface area contributed by atoms with Crippen LogP contribution in [0.1, 0.15) is 16.5 Å². The van der Waals surface area contributed by atoms with Gasteiger partial charge in [0.15, 0.2) is 0 Å². The first-order chi connectivity index (χ1) is 12.2. The minimum absolute atomic E-state index is 0.182. The van der Waals surface area contributed by atoms with E-state index in [1.54, 1.807) is 11.3 Å².